The molecule has 0 aliphatic carbocycles. The van der Waals surface area contributed by atoms with Gasteiger partial charge in [0.05, 0.1) is 20.3 Å². The van der Waals surface area contributed by atoms with Gasteiger partial charge < -0.3 is 18.8 Å². The number of rotatable bonds is 5. The van der Waals surface area contributed by atoms with Crippen LogP contribution in [0.2, 0.25) is 0 Å². The third-order valence-electron chi connectivity index (χ3n) is 3.97. The van der Waals surface area contributed by atoms with Crippen LogP contribution < -0.4 is 15.0 Å². The summed E-state index contributed by atoms with van der Waals surface area (Å²) >= 11 is 1.11. The van der Waals surface area contributed by atoms with Crippen LogP contribution >= 0.6 is 11.3 Å². The Morgan fingerprint density at radius 3 is 2.82 bits per heavy atom. The number of halogens is 1. The van der Waals surface area contributed by atoms with E-state index in [0.717, 1.165) is 11.3 Å². The van der Waals surface area contributed by atoms with E-state index in [2.05, 4.69) is 25.7 Å². The number of ether oxygens (including phenoxy) is 2. The molecule has 3 aromatic heterocycles. The van der Waals surface area contributed by atoms with Crippen molar-refractivity contribution in [2.45, 2.75) is 0 Å². The van der Waals surface area contributed by atoms with Crippen molar-refractivity contribution in [2.75, 3.05) is 43.6 Å². The minimum atomic E-state index is -0.639. The summed E-state index contributed by atoms with van der Waals surface area (Å²) in [5.41, 5.74) is -0.0402. The lowest BCUT2D eigenvalue weighted by molar-refractivity contribution is 0.101. The number of carbonyl (C=O) groups is 1. The van der Waals surface area contributed by atoms with Gasteiger partial charge in [0.1, 0.15) is 10.7 Å². The molecule has 10 nitrogen and oxygen atoms in total. The van der Waals surface area contributed by atoms with Crippen LogP contribution in [0.5, 0.6) is 5.75 Å². The fourth-order valence-electron chi connectivity index (χ4n) is 2.59. The second-order valence-corrected chi connectivity index (χ2v) is 6.60. The molecular formula is C16H15FN6O4S. The lowest BCUT2D eigenvalue weighted by atomic mass is 10.3. The van der Waals surface area contributed by atoms with E-state index in [4.69, 9.17) is 13.9 Å². The van der Waals surface area contributed by atoms with Gasteiger partial charge in [-0.15, -0.1) is 26.6 Å². The summed E-state index contributed by atoms with van der Waals surface area (Å²) in [7, 11) is 1.43. The lowest BCUT2D eigenvalue weighted by Gasteiger charge is -2.27. The zero-order valence-electron chi connectivity index (χ0n) is 14.7. The van der Waals surface area contributed by atoms with E-state index in [1.54, 1.807) is 11.4 Å². The van der Waals surface area contributed by atoms with Crippen LogP contribution in [0.25, 0.3) is 10.8 Å². The molecule has 28 heavy (non-hydrogen) atoms. The third-order valence-corrected chi connectivity index (χ3v) is 4.85. The molecule has 1 N–H and O–H groups in total. The second kappa shape index (κ2) is 7.86. The molecule has 0 spiro atoms. The van der Waals surface area contributed by atoms with Crippen molar-refractivity contribution in [1.82, 2.24) is 20.4 Å². The number of methoxy groups -OCH3 is 1. The summed E-state index contributed by atoms with van der Waals surface area (Å²) in [5, 5.41) is 19.5. The van der Waals surface area contributed by atoms with Gasteiger partial charge in [0, 0.05) is 19.2 Å². The summed E-state index contributed by atoms with van der Waals surface area (Å²) in [4.78, 5) is 14.7. The largest absolute Gasteiger partial charge is 0.494 e. The van der Waals surface area contributed by atoms with E-state index >= 15 is 0 Å². The van der Waals surface area contributed by atoms with Crippen LogP contribution in [-0.2, 0) is 4.74 Å². The van der Waals surface area contributed by atoms with Gasteiger partial charge in [0.25, 0.3) is 11.8 Å². The number of nitrogens with one attached hydrogen (secondary N) is 1. The molecule has 0 aromatic carbocycles. The Morgan fingerprint density at radius 2 is 2.11 bits per heavy atom. The molecule has 1 saturated heterocycles. The number of amides is 1. The first-order valence-corrected chi connectivity index (χ1v) is 9.16. The van der Waals surface area contributed by atoms with Gasteiger partial charge in [-0.1, -0.05) is 5.10 Å². The molecule has 1 aliphatic heterocycles. The Hall–Kier alpha value is -3.12. The molecule has 1 fully saturated rings. The molecule has 0 bridgehead atoms. The van der Waals surface area contributed by atoms with E-state index in [-0.39, 0.29) is 28.2 Å². The van der Waals surface area contributed by atoms with Crippen molar-refractivity contribution in [3.05, 3.63) is 29.0 Å². The first kappa shape index (κ1) is 18.3. The molecule has 1 amide bonds. The topological polar surface area (TPSA) is 116 Å². The van der Waals surface area contributed by atoms with E-state index in [0.29, 0.717) is 32.1 Å². The van der Waals surface area contributed by atoms with E-state index in [9.17, 15) is 9.18 Å². The summed E-state index contributed by atoms with van der Waals surface area (Å²) in [5.74, 6) is -0.302. The molecule has 4 heterocycles. The van der Waals surface area contributed by atoms with Gasteiger partial charge in [0.2, 0.25) is 0 Å². The number of morpholine rings is 1. The summed E-state index contributed by atoms with van der Waals surface area (Å²) in [6.45, 7) is 2.54. The highest BCUT2D eigenvalue weighted by atomic mass is 32.1. The number of thiophene rings is 1. The average Bonchev–Trinajstić information content (AvgIpc) is 3.36. The van der Waals surface area contributed by atoms with Gasteiger partial charge in [0.15, 0.2) is 17.3 Å². The highest BCUT2D eigenvalue weighted by molar-refractivity contribution is 7.13. The SMILES string of the molecule is COc1cc(N2CCOCC2)nnc1C(=O)Nc1nnc(-c2sccc2F)o1. The summed E-state index contributed by atoms with van der Waals surface area (Å²) < 4.78 is 29.5. The number of hydrogen-bond acceptors (Lipinski definition) is 10. The molecule has 4 rings (SSSR count). The predicted molar refractivity (Wildman–Crippen MR) is 97.1 cm³/mol. The maximum atomic E-state index is 13.6. The molecule has 0 unspecified atom stereocenters. The van der Waals surface area contributed by atoms with Crippen molar-refractivity contribution in [1.29, 1.82) is 0 Å². The first-order valence-electron chi connectivity index (χ1n) is 8.28. The van der Waals surface area contributed by atoms with Gasteiger partial charge in [-0.25, -0.2) is 4.39 Å². The quantitative estimate of drug-likeness (QED) is 0.677. The van der Waals surface area contributed by atoms with Crippen molar-refractivity contribution in [3.63, 3.8) is 0 Å². The molecular weight excluding hydrogens is 391 g/mol. The highest BCUT2D eigenvalue weighted by Gasteiger charge is 2.22. The molecule has 0 saturated carbocycles. The maximum absolute atomic E-state index is 13.6. The maximum Gasteiger partial charge on any atom is 0.322 e. The van der Waals surface area contributed by atoms with Crippen molar-refractivity contribution in [2.24, 2.45) is 0 Å². The smallest absolute Gasteiger partial charge is 0.322 e. The number of anilines is 2. The van der Waals surface area contributed by atoms with Gasteiger partial charge in [-0.3, -0.25) is 10.1 Å². The van der Waals surface area contributed by atoms with Crippen molar-refractivity contribution < 1.29 is 23.1 Å². The standard InChI is InChI=1S/C16H15FN6O4S/c1-25-10-8-11(23-3-5-26-6-4-23)19-20-12(10)14(24)18-16-22-21-15(27-16)13-9(17)2-7-28-13/h2,7-8H,3-6H2,1H3,(H,18,22,24). The van der Waals surface area contributed by atoms with Crippen LogP contribution in [0.4, 0.5) is 16.2 Å². The Kier molecular flexibility index (Phi) is 5.12. The monoisotopic (exact) mass is 406 g/mol. The predicted octanol–water partition coefficient (Wildman–Crippen LogP) is 1.82. The van der Waals surface area contributed by atoms with E-state index in [1.165, 1.54) is 13.2 Å². The molecule has 0 radical (unpaired) electrons. The lowest BCUT2D eigenvalue weighted by Crippen LogP contribution is -2.37. The molecule has 146 valence electrons. The molecule has 0 atom stereocenters. The number of aromatic nitrogens is 4. The average molecular weight is 406 g/mol. The molecule has 3 aromatic rings. The Morgan fingerprint density at radius 1 is 1.29 bits per heavy atom. The van der Waals surface area contributed by atoms with Crippen molar-refractivity contribution in [3.8, 4) is 16.5 Å². The highest BCUT2D eigenvalue weighted by Crippen LogP contribution is 2.28. The van der Waals surface area contributed by atoms with E-state index in [1.807, 2.05) is 4.90 Å². The van der Waals surface area contributed by atoms with Gasteiger partial charge >= 0.3 is 6.01 Å². The number of hydrogen-bond donors (Lipinski definition) is 1. The zero-order valence-corrected chi connectivity index (χ0v) is 15.5. The molecule has 12 heteroatoms. The third kappa shape index (κ3) is 3.64. The fraction of sp³-hybridized carbons (Fsp3) is 0.312. The van der Waals surface area contributed by atoms with E-state index < -0.39 is 11.7 Å². The Labute approximate surface area is 162 Å². The van der Waals surface area contributed by atoms with Crippen LogP contribution in [-0.4, -0.2) is 59.7 Å². The summed E-state index contributed by atoms with van der Waals surface area (Å²) in [6.07, 6.45) is 0. The van der Waals surface area contributed by atoms with Crippen LogP contribution in [0, 0.1) is 5.82 Å². The number of carbonyl (C=O) groups excluding carboxylic acids is 1. The minimum absolute atomic E-state index is 0.0245. The van der Waals surface area contributed by atoms with Gasteiger partial charge in [-0.05, 0) is 11.4 Å². The molecule has 1 aliphatic rings. The van der Waals surface area contributed by atoms with Crippen molar-refractivity contribution >= 4 is 29.1 Å². The zero-order chi connectivity index (χ0) is 19.5. The Bertz CT molecular complexity index is 987. The van der Waals surface area contributed by atoms with Crippen LogP contribution in [0.3, 0.4) is 0 Å². The fourth-order valence-corrected chi connectivity index (χ4v) is 3.28. The minimum Gasteiger partial charge on any atom is -0.494 e. The summed E-state index contributed by atoms with van der Waals surface area (Å²) in [6, 6.07) is 2.74. The van der Waals surface area contributed by atoms with Crippen LogP contribution in [0.1, 0.15) is 10.5 Å². The van der Waals surface area contributed by atoms with Crippen LogP contribution in [0.15, 0.2) is 21.9 Å². The normalized spacial score (nSPS) is 14.1. The Balaban J connectivity index is 1.51. The number of nitrogens with zero attached hydrogens (tertiary/aromatic N) is 5. The first-order chi connectivity index (χ1) is 13.7. The second-order valence-electron chi connectivity index (χ2n) is 5.68. The van der Waals surface area contributed by atoms with Gasteiger partial charge in [-0.2, -0.15) is 0 Å².